The van der Waals surface area contributed by atoms with Crippen LogP contribution in [0.15, 0.2) is 6.07 Å². The number of hydrogen-bond acceptors (Lipinski definition) is 4. The van der Waals surface area contributed by atoms with Crippen LogP contribution < -0.4 is 5.32 Å². The summed E-state index contributed by atoms with van der Waals surface area (Å²) in [7, 11) is 0. The number of nitrogens with one attached hydrogen (secondary N) is 1. The molecule has 1 saturated heterocycles. The number of ether oxygens (including phenoxy) is 1. The van der Waals surface area contributed by atoms with Crippen LogP contribution in [-0.2, 0) is 4.74 Å². The zero-order valence-electron chi connectivity index (χ0n) is 9.45. The highest BCUT2D eigenvalue weighted by atomic mass is 16.5. The molecule has 2 rings (SSSR count). The Bertz CT molecular complexity index is 348. The first-order chi connectivity index (χ1) is 7.15. The van der Waals surface area contributed by atoms with E-state index >= 15 is 0 Å². The number of aryl methyl sites for hydroxylation is 1. The monoisotopic (exact) mass is 207 g/mol. The van der Waals surface area contributed by atoms with Crippen LogP contribution in [0.25, 0.3) is 0 Å². The van der Waals surface area contributed by atoms with E-state index < -0.39 is 0 Å². The van der Waals surface area contributed by atoms with Crippen LogP contribution in [0.4, 0.5) is 5.82 Å². The molecule has 1 aliphatic heterocycles. The third kappa shape index (κ3) is 2.45. The molecular weight excluding hydrogens is 190 g/mol. The first-order valence-electron chi connectivity index (χ1n) is 5.35. The molecule has 0 spiro atoms. The van der Waals surface area contributed by atoms with Gasteiger partial charge < -0.3 is 10.1 Å². The third-order valence-electron chi connectivity index (χ3n) is 2.44. The van der Waals surface area contributed by atoms with E-state index in [1.165, 1.54) is 0 Å². The van der Waals surface area contributed by atoms with Gasteiger partial charge >= 0.3 is 0 Å². The van der Waals surface area contributed by atoms with Crippen LogP contribution in [0.1, 0.15) is 31.3 Å². The van der Waals surface area contributed by atoms with E-state index in [4.69, 9.17) is 4.74 Å². The van der Waals surface area contributed by atoms with Crippen LogP contribution in [0.5, 0.6) is 0 Å². The maximum atomic E-state index is 5.11. The molecule has 1 fully saturated rings. The Hall–Kier alpha value is -1.16. The molecule has 15 heavy (non-hydrogen) atoms. The second-order valence-corrected chi connectivity index (χ2v) is 4.26. The second kappa shape index (κ2) is 4.14. The van der Waals surface area contributed by atoms with Gasteiger partial charge in [0.05, 0.1) is 19.3 Å². The van der Waals surface area contributed by atoms with E-state index in [0.717, 1.165) is 30.5 Å². The zero-order valence-corrected chi connectivity index (χ0v) is 9.45. The molecule has 1 aromatic heterocycles. The summed E-state index contributed by atoms with van der Waals surface area (Å²) in [6, 6.07) is 2.44. The standard InChI is InChI=1S/C11H17N3O/c1-7(2)10-4-11(13-8(3)12-10)14-9-5-15-6-9/h4,7,9H,5-6H2,1-3H3,(H,12,13,14). The minimum absolute atomic E-state index is 0.416. The highest BCUT2D eigenvalue weighted by molar-refractivity contribution is 5.38. The molecule has 0 saturated carbocycles. The highest BCUT2D eigenvalue weighted by Gasteiger charge is 2.18. The molecule has 4 nitrogen and oxygen atoms in total. The molecule has 1 aliphatic rings. The van der Waals surface area contributed by atoms with Gasteiger partial charge in [0, 0.05) is 11.8 Å². The van der Waals surface area contributed by atoms with E-state index in [2.05, 4.69) is 29.1 Å². The van der Waals surface area contributed by atoms with Crippen molar-refractivity contribution in [3.63, 3.8) is 0 Å². The van der Waals surface area contributed by atoms with Crippen LogP contribution in [0.2, 0.25) is 0 Å². The van der Waals surface area contributed by atoms with Crippen molar-refractivity contribution >= 4 is 5.82 Å². The van der Waals surface area contributed by atoms with Crippen LogP contribution >= 0.6 is 0 Å². The van der Waals surface area contributed by atoms with Crippen molar-refractivity contribution in [1.82, 2.24) is 9.97 Å². The number of nitrogens with zero attached hydrogens (tertiary/aromatic N) is 2. The lowest BCUT2D eigenvalue weighted by Gasteiger charge is -2.27. The summed E-state index contributed by atoms with van der Waals surface area (Å²) in [5.74, 6) is 2.17. The first-order valence-corrected chi connectivity index (χ1v) is 5.35. The summed E-state index contributed by atoms with van der Waals surface area (Å²) in [5.41, 5.74) is 1.09. The van der Waals surface area contributed by atoms with Crippen molar-refractivity contribution in [2.45, 2.75) is 32.7 Å². The molecule has 4 heteroatoms. The largest absolute Gasteiger partial charge is 0.377 e. The fraction of sp³-hybridized carbons (Fsp3) is 0.636. The van der Waals surface area contributed by atoms with Crippen molar-refractivity contribution in [1.29, 1.82) is 0 Å². The Morgan fingerprint density at radius 1 is 1.40 bits per heavy atom. The third-order valence-corrected chi connectivity index (χ3v) is 2.44. The van der Waals surface area contributed by atoms with E-state index in [9.17, 15) is 0 Å². The minimum Gasteiger partial charge on any atom is -0.377 e. The molecule has 0 unspecified atom stereocenters. The van der Waals surface area contributed by atoms with Crippen molar-refractivity contribution in [2.24, 2.45) is 0 Å². The van der Waals surface area contributed by atoms with Gasteiger partial charge in [0.2, 0.25) is 0 Å². The van der Waals surface area contributed by atoms with Crippen molar-refractivity contribution in [3.8, 4) is 0 Å². The van der Waals surface area contributed by atoms with Gasteiger partial charge in [-0.05, 0) is 12.8 Å². The first kappa shape index (κ1) is 10.4. The number of hydrogen-bond donors (Lipinski definition) is 1. The van der Waals surface area contributed by atoms with E-state index in [0.29, 0.717) is 12.0 Å². The van der Waals surface area contributed by atoms with E-state index in [1.807, 2.05) is 13.0 Å². The van der Waals surface area contributed by atoms with Gasteiger partial charge in [-0.2, -0.15) is 0 Å². The van der Waals surface area contributed by atoms with Gasteiger partial charge in [0.15, 0.2) is 0 Å². The van der Waals surface area contributed by atoms with Gasteiger partial charge in [-0.25, -0.2) is 9.97 Å². The molecule has 1 N–H and O–H groups in total. The summed E-state index contributed by atoms with van der Waals surface area (Å²) in [4.78, 5) is 8.76. The average Bonchev–Trinajstić information content (AvgIpc) is 2.10. The molecule has 0 atom stereocenters. The Balaban J connectivity index is 2.15. The Morgan fingerprint density at radius 3 is 2.67 bits per heavy atom. The SMILES string of the molecule is Cc1nc(NC2COC2)cc(C(C)C)n1. The van der Waals surface area contributed by atoms with Gasteiger partial charge in [0.1, 0.15) is 11.6 Å². The average molecular weight is 207 g/mol. The summed E-state index contributed by atoms with van der Waals surface area (Å²) in [6.45, 7) is 7.75. The number of anilines is 1. The Kier molecular flexibility index (Phi) is 2.86. The smallest absolute Gasteiger partial charge is 0.130 e. The Morgan fingerprint density at radius 2 is 2.13 bits per heavy atom. The molecule has 1 aromatic rings. The van der Waals surface area contributed by atoms with Crippen LogP contribution in [-0.4, -0.2) is 29.2 Å². The molecule has 0 aliphatic carbocycles. The van der Waals surface area contributed by atoms with E-state index in [-0.39, 0.29) is 0 Å². The fourth-order valence-electron chi connectivity index (χ4n) is 1.49. The van der Waals surface area contributed by atoms with Crippen molar-refractivity contribution < 1.29 is 4.74 Å². The summed E-state index contributed by atoms with van der Waals surface area (Å²) in [6.07, 6.45) is 0. The molecule has 0 bridgehead atoms. The molecular formula is C11H17N3O. The minimum atomic E-state index is 0.416. The van der Waals surface area contributed by atoms with Crippen molar-refractivity contribution in [2.75, 3.05) is 18.5 Å². The van der Waals surface area contributed by atoms with Gasteiger partial charge in [0.25, 0.3) is 0 Å². The maximum absolute atomic E-state index is 5.11. The molecule has 2 heterocycles. The molecule has 0 aromatic carbocycles. The Labute approximate surface area is 90.1 Å². The zero-order chi connectivity index (χ0) is 10.8. The molecule has 82 valence electrons. The quantitative estimate of drug-likeness (QED) is 0.819. The van der Waals surface area contributed by atoms with Crippen LogP contribution in [0, 0.1) is 6.92 Å². The van der Waals surface area contributed by atoms with Gasteiger partial charge in [-0.1, -0.05) is 13.8 Å². The number of aromatic nitrogens is 2. The topological polar surface area (TPSA) is 47.0 Å². The van der Waals surface area contributed by atoms with Gasteiger partial charge in [-0.15, -0.1) is 0 Å². The predicted octanol–water partition coefficient (Wildman–Crippen LogP) is 1.72. The normalized spacial score (nSPS) is 16.5. The van der Waals surface area contributed by atoms with Crippen LogP contribution in [0.3, 0.4) is 0 Å². The number of rotatable bonds is 3. The summed E-state index contributed by atoms with van der Waals surface area (Å²) in [5, 5.41) is 3.34. The lowest BCUT2D eigenvalue weighted by molar-refractivity contribution is 0.0209. The summed E-state index contributed by atoms with van der Waals surface area (Å²) < 4.78 is 5.11. The van der Waals surface area contributed by atoms with Crippen molar-refractivity contribution in [3.05, 3.63) is 17.6 Å². The predicted molar refractivity (Wildman–Crippen MR) is 59.1 cm³/mol. The maximum Gasteiger partial charge on any atom is 0.130 e. The van der Waals surface area contributed by atoms with E-state index in [1.54, 1.807) is 0 Å². The highest BCUT2D eigenvalue weighted by Crippen LogP contribution is 2.17. The summed E-state index contributed by atoms with van der Waals surface area (Å²) >= 11 is 0. The van der Waals surface area contributed by atoms with Gasteiger partial charge in [-0.3, -0.25) is 0 Å². The molecule has 0 radical (unpaired) electrons. The fourth-order valence-corrected chi connectivity index (χ4v) is 1.49. The lowest BCUT2D eigenvalue weighted by Crippen LogP contribution is -2.40. The molecule has 0 amide bonds. The second-order valence-electron chi connectivity index (χ2n) is 4.26. The lowest BCUT2D eigenvalue weighted by atomic mass is 10.1.